The second kappa shape index (κ2) is 8.56. The highest BCUT2D eigenvalue weighted by atomic mass is 16.5. The minimum absolute atomic E-state index is 0.0809. The van der Waals surface area contributed by atoms with Crippen LogP contribution in [0.15, 0.2) is 54.6 Å². The normalized spacial score (nSPS) is 15.9. The van der Waals surface area contributed by atoms with Crippen LogP contribution in [-0.2, 0) is 13.2 Å². The maximum atomic E-state index is 11.7. The molecule has 2 aromatic carbocycles. The van der Waals surface area contributed by atoms with Crippen LogP contribution in [0, 0.1) is 0 Å². The lowest BCUT2D eigenvalue weighted by atomic mass is 9.85. The third-order valence-corrected chi connectivity index (χ3v) is 6.95. The Morgan fingerprint density at radius 2 is 1.91 bits per heavy atom. The number of benzene rings is 2. The Kier molecular flexibility index (Phi) is 5.24. The molecule has 3 heterocycles. The number of aromatic carboxylic acids is 1. The first-order valence-corrected chi connectivity index (χ1v) is 12.0. The van der Waals surface area contributed by atoms with Gasteiger partial charge in [-0.25, -0.2) is 9.31 Å². The van der Waals surface area contributed by atoms with Crippen LogP contribution in [-0.4, -0.2) is 31.9 Å². The summed E-state index contributed by atoms with van der Waals surface area (Å²) >= 11 is 0. The van der Waals surface area contributed by atoms with Crippen molar-refractivity contribution in [3.05, 3.63) is 71.5 Å². The number of aromatic nitrogens is 3. The van der Waals surface area contributed by atoms with Crippen molar-refractivity contribution in [2.24, 2.45) is 0 Å². The fourth-order valence-corrected chi connectivity index (χ4v) is 5.35. The molecule has 0 spiro atoms. The first kappa shape index (κ1) is 20.8. The third kappa shape index (κ3) is 3.61. The van der Waals surface area contributed by atoms with Gasteiger partial charge in [-0.05, 0) is 30.5 Å². The molecule has 1 N–H and O–H groups in total. The number of nitrogens with zero attached hydrogens (tertiary/aromatic N) is 3. The number of rotatable bonds is 5. The summed E-state index contributed by atoms with van der Waals surface area (Å²) in [4.78, 5) is 11.7. The summed E-state index contributed by atoms with van der Waals surface area (Å²) in [5.41, 5.74) is 5.21. The van der Waals surface area contributed by atoms with Gasteiger partial charge in [0.25, 0.3) is 0 Å². The summed E-state index contributed by atoms with van der Waals surface area (Å²) in [6.07, 6.45) is 5.78. The molecule has 174 valence electrons. The van der Waals surface area contributed by atoms with Crippen molar-refractivity contribution in [1.29, 1.82) is 0 Å². The van der Waals surface area contributed by atoms with Crippen molar-refractivity contribution in [3.63, 3.8) is 0 Å². The van der Waals surface area contributed by atoms with Crippen LogP contribution in [0.25, 0.3) is 16.9 Å². The number of carboxylic acids is 1. The Morgan fingerprint density at radius 1 is 1.09 bits per heavy atom. The molecule has 2 aromatic heterocycles. The fraction of sp³-hybridized carbons (Fsp3) is 0.333. The van der Waals surface area contributed by atoms with E-state index in [1.54, 1.807) is 6.07 Å². The van der Waals surface area contributed by atoms with Crippen molar-refractivity contribution in [2.75, 3.05) is 6.61 Å². The number of hydrogen-bond donors (Lipinski definition) is 1. The van der Waals surface area contributed by atoms with E-state index in [9.17, 15) is 9.90 Å². The van der Waals surface area contributed by atoms with Gasteiger partial charge in [0.2, 0.25) is 0 Å². The molecule has 0 saturated heterocycles. The van der Waals surface area contributed by atoms with Crippen molar-refractivity contribution in [1.82, 2.24) is 14.2 Å². The van der Waals surface area contributed by atoms with Gasteiger partial charge in [-0.2, -0.15) is 5.10 Å². The van der Waals surface area contributed by atoms with Crippen LogP contribution in [0.5, 0.6) is 11.5 Å². The maximum Gasteiger partial charge on any atom is 0.356 e. The van der Waals surface area contributed by atoms with Gasteiger partial charge in [-0.3, -0.25) is 0 Å². The van der Waals surface area contributed by atoms with Gasteiger partial charge < -0.3 is 19.1 Å². The molecule has 6 rings (SSSR count). The van der Waals surface area contributed by atoms with Crippen LogP contribution in [0.2, 0.25) is 0 Å². The highest BCUT2D eigenvalue weighted by Crippen LogP contribution is 2.44. The SMILES string of the molecule is O=C(O)c1cc2n3c(c(C4CCCCC4)n2n1)-c1ccc(OCc2ccccc2)cc1OCC3. The first-order valence-electron chi connectivity index (χ1n) is 12.0. The van der Waals surface area contributed by atoms with E-state index in [0.717, 1.165) is 52.5 Å². The number of carbonyl (C=O) groups is 1. The Morgan fingerprint density at radius 3 is 2.71 bits per heavy atom. The minimum atomic E-state index is -1.00. The molecule has 7 heteroatoms. The molecule has 34 heavy (non-hydrogen) atoms. The van der Waals surface area contributed by atoms with E-state index < -0.39 is 5.97 Å². The Balaban J connectivity index is 1.44. The summed E-state index contributed by atoms with van der Waals surface area (Å²) in [5.74, 6) is 0.896. The van der Waals surface area contributed by atoms with Gasteiger partial charge in [0, 0.05) is 23.6 Å². The Hall–Kier alpha value is -3.74. The Labute approximate surface area is 197 Å². The number of fused-ring (bicyclic) bond motifs is 5. The second-order valence-electron chi connectivity index (χ2n) is 9.11. The number of imidazole rings is 1. The van der Waals surface area contributed by atoms with Crippen LogP contribution in [0.1, 0.15) is 59.8 Å². The summed E-state index contributed by atoms with van der Waals surface area (Å²) in [6.45, 7) is 1.62. The van der Waals surface area contributed by atoms with Crippen molar-refractivity contribution < 1.29 is 19.4 Å². The molecule has 4 aromatic rings. The molecule has 1 fully saturated rings. The largest absolute Gasteiger partial charge is 0.491 e. The van der Waals surface area contributed by atoms with E-state index in [1.165, 1.54) is 19.3 Å². The van der Waals surface area contributed by atoms with Crippen LogP contribution >= 0.6 is 0 Å². The molecule has 0 bridgehead atoms. The maximum absolute atomic E-state index is 11.7. The van der Waals surface area contributed by atoms with Gasteiger partial charge in [-0.1, -0.05) is 49.6 Å². The predicted octanol–water partition coefficient (Wildman–Crippen LogP) is 5.52. The molecule has 0 unspecified atom stereocenters. The lowest BCUT2D eigenvalue weighted by molar-refractivity contribution is 0.0690. The third-order valence-electron chi connectivity index (χ3n) is 6.95. The van der Waals surface area contributed by atoms with Crippen molar-refractivity contribution in [2.45, 2.75) is 51.2 Å². The van der Waals surface area contributed by atoms with Crippen LogP contribution < -0.4 is 9.47 Å². The summed E-state index contributed by atoms with van der Waals surface area (Å²) < 4.78 is 16.3. The van der Waals surface area contributed by atoms with E-state index in [-0.39, 0.29) is 5.69 Å². The number of hydrogen-bond acceptors (Lipinski definition) is 4. The molecule has 1 aliphatic carbocycles. The standard InChI is InChI=1S/C27H27N3O4/c31-27(32)22-16-24-29-13-14-33-23-15-20(34-17-18-7-3-1-4-8-18)11-12-21(23)26(29)25(30(24)28-22)19-9-5-2-6-10-19/h1,3-4,7-8,11-12,15-16,19H,2,5-6,9-10,13-14,17H2,(H,31,32). The zero-order chi connectivity index (χ0) is 23.1. The van der Waals surface area contributed by atoms with Crippen LogP contribution in [0.3, 0.4) is 0 Å². The average molecular weight is 458 g/mol. The Bertz CT molecular complexity index is 1350. The van der Waals surface area contributed by atoms with E-state index >= 15 is 0 Å². The summed E-state index contributed by atoms with van der Waals surface area (Å²) in [5, 5.41) is 14.1. The number of carboxylic acid groups (broad SMARTS) is 1. The topological polar surface area (TPSA) is 78.0 Å². The summed E-state index contributed by atoms with van der Waals surface area (Å²) in [6, 6.07) is 17.8. The summed E-state index contributed by atoms with van der Waals surface area (Å²) in [7, 11) is 0. The number of ether oxygens (including phenoxy) is 2. The minimum Gasteiger partial charge on any atom is -0.491 e. The quantitative estimate of drug-likeness (QED) is 0.427. The first-order chi connectivity index (χ1) is 16.7. The molecular weight excluding hydrogens is 430 g/mol. The van der Waals surface area contributed by atoms with E-state index in [1.807, 2.05) is 47.0 Å². The second-order valence-corrected chi connectivity index (χ2v) is 9.11. The van der Waals surface area contributed by atoms with E-state index in [2.05, 4.69) is 15.7 Å². The van der Waals surface area contributed by atoms with E-state index in [0.29, 0.717) is 25.7 Å². The van der Waals surface area contributed by atoms with Gasteiger partial charge in [-0.15, -0.1) is 0 Å². The molecule has 2 aliphatic rings. The van der Waals surface area contributed by atoms with Gasteiger partial charge >= 0.3 is 5.97 Å². The average Bonchev–Trinajstić information content (AvgIpc) is 3.36. The zero-order valence-electron chi connectivity index (χ0n) is 18.9. The highest BCUT2D eigenvalue weighted by molar-refractivity contribution is 5.87. The van der Waals surface area contributed by atoms with Crippen molar-refractivity contribution in [3.8, 4) is 22.8 Å². The van der Waals surface area contributed by atoms with Gasteiger partial charge in [0.15, 0.2) is 5.69 Å². The molecule has 1 aliphatic heterocycles. The molecular formula is C27H27N3O4. The lowest BCUT2D eigenvalue weighted by Gasteiger charge is -2.22. The zero-order valence-corrected chi connectivity index (χ0v) is 18.9. The van der Waals surface area contributed by atoms with Gasteiger partial charge in [0.1, 0.15) is 30.4 Å². The molecule has 0 radical (unpaired) electrons. The van der Waals surface area contributed by atoms with E-state index in [4.69, 9.17) is 9.47 Å². The monoisotopic (exact) mass is 457 g/mol. The van der Waals surface area contributed by atoms with Crippen LogP contribution in [0.4, 0.5) is 0 Å². The fourth-order valence-electron chi connectivity index (χ4n) is 5.35. The molecule has 1 saturated carbocycles. The predicted molar refractivity (Wildman–Crippen MR) is 128 cm³/mol. The molecule has 0 amide bonds. The smallest absolute Gasteiger partial charge is 0.356 e. The lowest BCUT2D eigenvalue weighted by Crippen LogP contribution is -2.10. The molecule has 7 nitrogen and oxygen atoms in total. The highest BCUT2D eigenvalue weighted by Gasteiger charge is 2.31. The molecule has 0 atom stereocenters. The van der Waals surface area contributed by atoms with Gasteiger partial charge in [0.05, 0.1) is 17.9 Å². The van der Waals surface area contributed by atoms with Crippen molar-refractivity contribution >= 4 is 11.6 Å².